The average molecular weight is 239 g/mol. The second-order valence-corrected chi connectivity index (χ2v) is 3.92. The van der Waals surface area contributed by atoms with E-state index in [9.17, 15) is 0 Å². The van der Waals surface area contributed by atoms with Gasteiger partial charge in [0, 0.05) is 17.6 Å². The summed E-state index contributed by atoms with van der Waals surface area (Å²) in [7, 11) is 1.65. The maximum Gasteiger partial charge on any atom is 0.143 e. The normalized spacial score (nSPS) is 11.6. The Morgan fingerprint density at radius 1 is 1.50 bits per heavy atom. The summed E-state index contributed by atoms with van der Waals surface area (Å²) < 4.78 is 4.95. The van der Waals surface area contributed by atoms with Crippen molar-refractivity contribution in [2.45, 2.75) is 4.90 Å². The molecule has 0 aromatic heterocycles. The van der Waals surface area contributed by atoms with Crippen LogP contribution in [0.25, 0.3) is 0 Å². The molecule has 88 valence electrons. The largest absolute Gasteiger partial charge is 0.383 e. The number of aliphatic imine (C=N–C) groups is 1. The lowest BCUT2D eigenvalue weighted by molar-refractivity contribution is 0.208. The van der Waals surface area contributed by atoms with E-state index < -0.39 is 0 Å². The molecular formula is C11H17N3OS. The third-order valence-electron chi connectivity index (χ3n) is 2.06. The molecule has 0 radical (unpaired) electrons. The van der Waals surface area contributed by atoms with E-state index in [0.29, 0.717) is 19.0 Å². The standard InChI is InChI=1S/C11H17N3OS/c1-15-8-7-13-11(14-12)9-5-3-4-6-10(9)16-2/h3-6H,7-8,12H2,1-2H3,(H,13,14). The van der Waals surface area contributed by atoms with Gasteiger partial charge in [0.25, 0.3) is 0 Å². The Morgan fingerprint density at radius 2 is 2.25 bits per heavy atom. The first-order chi connectivity index (χ1) is 7.83. The van der Waals surface area contributed by atoms with Gasteiger partial charge in [0.05, 0.1) is 13.2 Å². The first kappa shape index (κ1) is 13.0. The number of thioether (sulfide) groups is 1. The summed E-state index contributed by atoms with van der Waals surface area (Å²) in [6, 6.07) is 8.01. The van der Waals surface area contributed by atoms with Crippen LogP contribution in [0.3, 0.4) is 0 Å². The highest BCUT2D eigenvalue weighted by atomic mass is 32.2. The average Bonchev–Trinajstić information content (AvgIpc) is 2.35. The van der Waals surface area contributed by atoms with Crippen molar-refractivity contribution in [3.8, 4) is 0 Å². The molecule has 1 aromatic carbocycles. The van der Waals surface area contributed by atoms with Gasteiger partial charge in [-0.15, -0.1) is 11.8 Å². The molecule has 5 heteroatoms. The molecular weight excluding hydrogens is 222 g/mol. The van der Waals surface area contributed by atoms with E-state index in [1.807, 2.05) is 30.5 Å². The number of ether oxygens (including phenoxy) is 1. The lowest BCUT2D eigenvalue weighted by atomic mass is 10.2. The predicted molar refractivity (Wildman–Crippen MR) is 68.8 cm³/mol. The topological polar surface area (TPSA) is 59.6 Å². The lowest BCUT2D eigenvalue weighted by Crippen LogP contribution is -2.32. The number of nitrogens with two attached hydrogens (primary N) is 1. The quantitative estimate of drug-likeness (QED) is 0.203. The van der Waals surface area contributed by atoms with Crippen LogP contribution in [0.5, 0.6) is 0 Å². The highest BCUT2D eigenvalue weighted by Crippen LogP contribution is 2.19. The molecule has 0 saturated carbocycles. The highest BCUT2D eigenvalue weighted by molar-refractivity contribution is 7.98. The SMILES string of the molecule is COCCN=C(NN)c1ccccc1SC. The van der Waals surface area contributed by atoms with E-state index in [1.54, 1.807) is 18.9 Å². The number of hydrogen-bond donors (Lipinski definition) is 2. The molecule has 3 N–H and O–H groups in total. The smallest absolute Gasteiger partial charge is 0.143 e. The number of nitrogens with one attached hydrogen (secondary N) is 1. The van der Waals surface area contributed by atoms with Gasteiger partial charge in [-0.2, -0.15) is 0 Å². The number of hydrazine groups is 1. The van der Waals surface area contributed by atoms with Crippen LogP contribution < -0.4 is 11.3 Å². The third kappa shape index (κ3) is 3.52. The number of hydrogen-bond acceptors (Lipinski definition) is 4. The number of nitrogens with zero attached hydrogens (tertiary/aromatic N) is 1. The molecule has 0 aliphatic carbocycles. The number of amidine groups is 1. The van der Waals surface area contributed by atoms with Crippen LogP contribution in [-0.2, 0) is 4.74 Å². The van der Waals surface area contributed by atoms with E-state index in [-0.39, 0.29) is 0 Å². The van der Waals surface area contributed by atoms with Gasteiger partial charge in [-0.3, -0.25) is 4.99 Å². The van der Waals surface area contributed by atoms with Gasteiger partial charge in [-0.1, -0.05) is 18.2 Å². The lowest BCUT2D eigenvalue weighted by Gasteiger charge is -2.09. The molecule has 0 amide bonds. The van der Waals surface area contributed by atoms with Gasteiger partial charge in [0.2, 0.25) is 0 Å². The van der Waals surface area contributed by atoms with Crippen LogP contribution in [0.2, 0.25) is 0 Å². The molecule has 1 rings (SSSR count). The summed E-state index contributed by atoms with van der Waals surface area (Å²) >= 11 is 1.67. The fourth-order valence-corrected chi connectivity index (χ4v) is 1.90. The third-order valence-corrected chi connectivity index (χ3v) is 2.86. The zero-order valence-electron chi connectivity index (χ0n) is 9.56. The Balaban J connectivity index is 2.89. The zero-order valence-corrected chi connectivity index (χ0v) is 10.4. The summed E-state index contributed by atoms with van der Waals surface area (Å²) in [5.74, 6) is 6.18. The second kappa shape index (κ2) is 7.27. The van der Waals surface area contributed by atoms with Crippen LogP contribution in [0.1, 0.15) is 5.56 Å². The molecule has 0 aliphatic rings. The Labute approximate surface area is 100 Å². The molecule has 0 heterocycles. The summed E-state index contributed by atoms with van der Waals surface area (Å²) in [5, 5.41) is 0. The van der Waals surface area contributed by atoms with Gasteiger partial charge >= 0.3 is 0 Å². The van der Waals surface area contributed by atoms with Crippen molar-refractivity contribution >= 4 is 17.6 Å². The van der Waals surface area contributed by atoms with Crippen molar-refractivity contribution in [2.75, 3.05) is 26.5 Å². The molecule has 4 nitrogen and oxygen atoms in total. The summed E-state index contributed by atoms with van der Waals surface area (Å²) in [6.45, 7) is 1.19. The summed E-state index contributed by atoms with van der Waals surface area (Å²) in [5.41, 5.74) is 3.65. The van der Waals surface area contributed by atoms with Crippen LogP contribution >= 0.6 is 11.8 Å². The number of benzene rings is 1. The molecule has 16 heavy (non-hydrogen) atoms. The molecule has 0 aliphatic heterocycles. The van der Waals surface area contributed by atoms with Crippen LogP contribution in [-0.4, -0.2) is 32.4 Å². The van der Waals surface area contributed by atoms with E-state index >= 15 is 0 Å². The first-order valence-electron chi connectivity index (χ1n) is 4.97. The Morgan fingerprint density at radius 3 is 2.88 bits per heavy atom. The van der Waals surface area contributed by atoms with Gasteiger partial charge in [0.1, 0.15) is 5.84 Å². The second-order valence-electron chi connectivity index (χ2n) is 3.07. The predicted octanol–water partition coefficient (Wildman–Crippen LogP) is 1.26. The molecule has 0 fully saturated rings. The van der Waals surface area contributed by atoms with E-state index in [1.165, 1.54) is 0 Å². The Bertz CT molecular complexity index is 355. The highest BCUT2D eigenvalue weighted by Gasteiger charge is 2.06. The van der Waals surface area contributed by atoms with Crippen molar-refractivity contribution in [3.63, 3.8) is 0 Å². The van der Waals surface area contributed by atoms with Gasteiger partial charge in [0.15, 0.2) is 0 Å². The minimum atomic E-state index is 0.590. The Kier molecular flexibility index (Phi) is 5.92. The summed E-state index contributed by atoms with van der Waals surface area (Å²) in [4.78, 5) is 5.50. The molecule has 0 atom stereocenters. The van der Waals surface area contributed by atoms with Crippen LogP contribution in [0.4, 0.5) is 0 Å². The Hall–Kier alpha value is -1.04. The minimum absolute atomic E-state index is 0.590. The van der Waals surface area contributed by atoms with Crippen molar-refractivity contribution in [1.82, 2.24) is 5.43 Å². The molecule has 0 bridgehead atoms. The minimum Gasteiger partial charge on any atom is -0.383 e. The van der Waals surface area contributed by atoms with Crippen molar-refractivity contribution in [3.05, 3.63) is 29.8 Å². The molecule has 0 saturated heterocycles. The van der Waals surface area contributed by atoms with E-state index in [2.05, 4.69) is 10.4 Å². The monoisotopic (exact) mass is 239 g/mol. The van der Waals surface area contributed by atoms with Gasteiger partial charge in [-0.05, 0) is 12.3 Å². The van der Waals surface area contributed by atoms with Crippen LogP contribution in [0.15, 0.2) is 34.2 Å². The molecule has 0 unspecified atom stereocenters. The van der Waals surface area contributed by atoms with Crippen LogP contribution in [0, 0.1) is 0 Å². The van der Waals surface area contributed by atoms with Crippen molar-refractivity contribution < 1.29 is 4.74 Å². The first-order valence-corrected chi connectivity index (χ1v) is 6.19. The van der Waals surface area contributed by atoms with Gasteiger partial charge < -0.3 is 10.2 Å². The van der Waals surface area contributed by atoms with Crippen molar-refractivity contribution in [1.29, 1.82) is 0 Å². The fourth-order valence-electron chi connectivity index (χ4n) is 1.30. The maximum absolute atomic E-state index is 5.48. The number of methoxy groups -OCH3 is 1. The van der Waals surface area contributed by atoms with Gasteiger partial charge in [-0.25, -0.2) is 5.84 Å². The molecule has 1 aromatic rings. The summed E-state index contributed by atoms with van der Waals surface area (Å²) in [6.07, 6.45) is 2.03. The maximum atomic E-state index is 5.48. The molecule has 0 spiro atoms. The van der Waals surface area contributed by atoms with E-state index in [4.69, 9.17) is 10.6 Å². The van der Waals surface area contributed by atoms with Crippen molar-refractivity contribution in [2.24, 2.45) is 10.8 Å². The zero-order chi connectivity index (χ0) is 11.8. The van der Waals surface area contributed by atoms with E-state index in [0.717, 1.165) is 10.5 Å². The fraction of sp³-hybridized carbons (Fsp3) is 0.364. The number of rotatable bonds is 5.